The number of carbonyl (C=O) groups excluding carboxylic acids is 1. The highest BCUT2D eigenvalue weighted by Crippen LogP contribution is 2.32. The van der Waals surface area contributed by atoms with Crippen LogP contribution in [0.5, 0.6) is 0 Å². The van der Waals surface area contributed by atoms with E-state index < -0.39 is 23.2 Å². The van der Waals surface area contributed by atoms with Crippen LogP contribution in [0.15, 0.2) is 47.6 Å². The van der Waals surface area contributed by atoms with E-state index in [0.29, 0.717) is 10.4 Å². The predicted octanol–water partition coefficient (Wildman–Crippen LogP) is 4.72. The van der Waals surface area contributed by atoms with Crippen molar-refractivity contribution >= 4 is 44.9 Å². The Kier molecular flexibility index (Phi) is 5.82. The number of nitrogens with two attached hydrogens (primary N) is 1. The Morgan fingerprint density at radius 3 is 2.56 bits per heavy atom. The number of anilines is 1. The molecule has 1 amide bonds. The second-order valence-electron chi connectivity index (χ2n) is 6.99. The van der Waals surface area contributed by atoms with Gasteiger partial charge in [-0.3, -0.25) is 4.79 Å². The minimum absolute atomic E-state index is 0.207. The molecule has 0 aliphatic rings. The zero-order chi connectivity index (χ0) is 23.0. The van der Waals surface area contributed by atoms with Gasteiger partial charge in [0, 0.05) is 11.3 Å². The van der Waals surface area contributed by atoms with Crippen molar-refractivity contribution in [1.82, 2.24) is 19.9 Å². The van der Waals surface area contributed by atoms with Crippen LogP contribution in [0.2, 0.25) is 0 Å². The highest BCUT2D eigenvalue weighted by molar-refractivity contribution is 8.00. The number of alkyl halides is 3. The Labute approximate surface area is 188 Å². The Morgan fingerprint density at radius 2 is 1.91 bits per heavy atom. The maximum absolute atomic E-state index is 12.8. The lowest BCUT2D eigenvalue weighted by molar-refractivity contribution is -0.146. The van der Waals surface area contributed by atoms with Gasteiger partial charge in [0.15, 0.2) is 0 Å². The van der Waals surface area contributed by atoms with E-state index in [-0.39, 0.29) is 5.16 Å². The maximum Gasteiger partial charge on any atom is 0.453 e. The van der Waals surface area contributed by atoms with Crippen molar-refractivity contribution < 1.29 is 18.0 Å². The van der Waals surface area contributed by atoms with Crippen molar-refractivity contribution in [2.75, 3.05) is 11.2 Å². The number of aromatic nitrogens is 4. The molecule has 0 aliphatic carbocycles. The first-order chi connectivity index (χ1) is 15.1. The highest BCUT2D eigenvalue weighted by atomic mass is 32.2. The highest BCUT2D eigenvalue weighted by Gasteiger charge is 2.38. The van der Waals surface area contributed by atoms with Crippen LogP contribution < -0.4 is 11.2 Å². The molecule has 0 radical (unpaired) electrons. The summed E-state index contributed by atoms with van der Waals surface area (Å²) in [5.74, 6) is 3.68. The zero-order valence-corrected chi connectivity index (χ0v) is 18.5. The van der Waals surface area contributed by atoms with Gasteiger partial charge >= 0.3 is 6.18 Å². The molecule has 2 aromatic heterocycles. The summed E-state index contributed by atoms with van der Waals surface area (Å²) in [4.78, 5) is 17.1. The molecule has 7 nitrogen and oxygen atoms in total. The van der Waals surface area contributed by atoms with E-state index in [1.54, 1.807) is 30.4 Å². The van der Waals surface area contributed by atoms with Crippen LogP contribution >= 0.6 is 23.1 Å². The fourth-order valence-electron chi connectivity index (χ4n) is 2.86. The number of carbonyl (C=O) groups is 1. The monoisotopic (exact) mass is 478 g/mol. The quantitative estimate of drug-likeness (QED) is 0.318. The van der Waals surface area contributed by atoms with Crippen LogP contribution in [0.25, 0.3) is 20.8 Å². The number of nitrogens with one attached hydrogen (secondary N) is 1. The molecule has 12 heteroatoms. The number of fused-ring (bicyclic) bond motifs is 1. The number of thiazole rings is 1. The van der Waals surface area contributed by atoms with E-state index in [1.165, 1.54) is 5.56 Å². The average molecular weight is 479 g/mol. The first kappa shape index (κ1) is 22.1. The largest absolute Gasteiger partial charge is 0.453 e. The number of rotatable bonds is 5. The number of aryl methyl sites for hydroxylation is 1. The van der Waals surface area contributed by atoms with Gasteiger partial charge in [0.2, 0.25) is 11.1 Å². The summed E-state index contributed by atoms with van der Waals surface area (Å²) >= 11 is 2.37. The number of nitrogens with zero attached hydrogens (tertiary/aromatic N) is 4. The minimum Gasteiger partial charge on any atom is -0.335 e. The van der Waals surface area contributed by atoms with Gasteiger partial charge in [-0.1, -0.05) is 17.8 Å². The Hall–Kier alpha value is -3.12. The maximum atomic E-state index is 12.8. The van der Waals surface area contributed by atoms with Gasteiger partial charge in [-0.25, -0.2) is 9.66 Å². The van der Waals surface area contributed by atoms with Crippen molar-refractivity contribution in [3.8, 4) is 10.6 Å². The van der Waals surface area contributed by atoms with Gasteiger partial charge < -0.3 is 11.2 Å². The third-order valence-corrected chi connectivity index (χ3v) is 6.64. The molecular formula is C20H17F3N6OS2. The summed E-state index contributed by atoms with van der Waals surface area (Å²) in [5.41, 5.74) is 3.56. The summed E-state index contributed by atoms with van der Waals surface area (Å²) in [6.07, 6.45) is -4.73. The average Bonchev–Trinajstić information content (AvgIpc) is 3.31. The lowest BCUT2D eigenvalue weighted by Crippen LogP contribution is -2.25. The lowest BCUT2D eigenvalue weighted by Gasteiger charge is -2.12. The van der Waals surface area contributed by atoms with E-state index >= 15 is 0 Å². The fraction of sp³-hybridized carbons (Fsp3) is 0.200. The lowest BCUT2D eigenvalue weighted by atomic mass is 10.2. The van der Waals surface area contributed by atoms with Crippen LogP contribution in [-0.2, 0) is 11.0 Å². The minimum atomic E-state index is -4.73. The second kappa shape index (κ2) is 8.43. The zero-order valence-electron chi connectivity index (χ0n) is 16.8. The molecule has 166 valence electrons. The molecule has 0 spiro atoms. The third-order valence-electron chi connectivity index (χ3n) is 4.51. The molecule has 0 bridgehead atoms. The molecular weight excluding hydrogens is 461 g/mol. The Bertz CT molecular complexity index is 1280. The van der Waals surface area contributed by atoms with Gasteiger partial charge in [0.1, 0.15) is 5.01 Å². The van der Waals surface area contributed by atoms with Gasteiger partial charge in [0.05, 0.1) is 15.5 Å². The van der Waals surface area contributed by atoms with Crippen molar-refractivity contribution in [3.63, 3.8) is 0 Å². The van der Waals surface area contributed by atoms with E-state index in [9.17, 15) is 18.0 Å². The molecule has 2 heterocycles. The summed E-state index contributed by atoms with van der Waals surface area (Å²) in [6.45, 7) is 3.57. The number of halogens is 3. The van der Waals surface area contributed by atoms with E-state index in [0.717, 1.165) is 32.5 Å². The number of nitrogen functional groups attached to an aromatic ring is 1. The van der Waals surface area contributed by atoms with Gasteiger partial charge in [-0.05, 0) is 55.8 Å². The predicted molar refractivity (Wildman–Crippen MR) is 119 cm³/mol. The normalized spacial score (nSPS) is 12.8. The summed E-state index contributed by atoms with van der Waals surface area (Å²) < 4.78 is 39.8. The van der Waals surface area contributed by atoms with E-state index in [1.807, 2.05) is 31.2 Å². The standard InChI is InChI=1S/C20H17F3N6OS2/c1-10-3-8-14-15(9-10)32-17(26-14)12-4-6-13(7-5-12)25-16(30)11(2)31-19-28-27-18(29(19)24)20(21,22)23/h3-9,11H,24H2,1-2H3,(H,25,30). The van der Waals surface area contributed by atoms with E-state index in [4.69, 9.17) is 5.84 Å². The van der Waals surface area contributed by atoms with Gasteiger partial charge in [-0.15, -0.1) is 21.5 Å². The van der Waals surface area contributed by atoms with E-state index in [2.05, 4.69) is 26.6 Å². The Morgan fingerprint density at radius 1 is 1.19 bits per heavy atom. The molecule has 0 saturated carbocycles. The summed E-state index contributed by atoms with van der Waals surface area (Å²) in [5, 5.41) is 9.12. The van der Waals surface area contributed by atoms with Crippen LogP contribution in [0, 0.1) is 6.92 Å². The molecule has 3 N–H and O–H groups in total. The molecule has 32 heavy (non-hydrogen) atoms. The molecule has 0 saturated heterocycles. The number of hydrogen-bond donors (Lipinski definition) is 2. The van der Waals surface area contributed by atoms with Crippen LogP contribution in [-0.4, -0.2) is 31.0 Å². The molecule has 0 aliphatic heterocycles. The first-order valence-electron chi connectivity index (χ1n) is 9.34. The summed E-state index contributed by atoms with van der Waals surface area (Å²) in [6, 6.07) is 13.3. The van der Waals surface area contributed by atoms with Crippen LogP contribution in [0.4, 0.5) is 18.9 Å². The SMILES string of the molecule is Cc1ccc2nc(-c3ccc(NC(=O)C(C)Sc4nnc(C(F)(F)F)n4N)cc3)sc2c1. The first-order valence-corrected chi connectivity index (χ1v) is 11.0. The van der Waals surface area contributed by atoms with Crippen molar-refractivity contribution in [3.05, 3.63) is 53.9 Å². The molecule has 1 atom stereocenters. The van der Waals surface area contributed by atoms with Gasteiger partial charge in [0.25, 0.3) is 5.82 Å². The number of hydrogen-bond acceptors (Lipinski definition) is 7. The molecule has 0 fully saturated rings. The molecule has 2 aromatic carbocycles. The Balaban J connectivity index is 1.42. The number of thioether (sulfide) groups is 1. The smallest absolute Gasteiger partial charge is 0.335 e. The fourth-order valence-corrected chi connectivity index (χ4v) is 4.70. The number of amides is 1. The van der Waals surface area contributed by atoms with Crippen LogP contribution in [0.1, 0.15) is 18.3 Å². The summed E-state index contributed by atoms with van der Waals surface area (Å²) in [7, 11) is 0. The molecule has 1 unspecified atom stereocenters. The molecule has 4 rings (SSSR count). The van der Waals surface area contributed by atoms with Crippen molar-refractivity contribution in [1.29, 1.82) is 0 Å². The van der Waals surface area contributed by atoms with Crippen LogP contribution in [0.3, 0.4) is 0 Å². The van der Waals surface area contributed by atoms with Crippen molar-refractivity contribution in [2.45, 2.75) is 30.4 Å². The van der Waals surface area contributed by atoms with Crippen molar-refractivity contribution in [2.24, 2.45) is 0 Å². The second-order valence-corrected chi connectivity index (χ2v) is 9.33. The van der Waals surface area contributed by atoms with Gasteiger partial charge in [-0.2, -0.15) is 13.2 Å². The third kappa shape index (κ3) is 4.55. The molecule has 4 aromatic rings. The number of benzene rings is 2. The topological polar surface area (TPSA) is 98.7 Å².